The van der Waals surface area contributed by atoms with Gasteiger partial charge in [0.05, 0.1) is 26.4 Å². The summed E-state index contributed by atoms with van der Waals surface area (Å²) >= 11 is 0. The fourth-order valence-corrected chi connectivity index (χ4v) is 0.669. The second-order valence-electron chi connectivity index (χ2n) is 2.26. The highest BCUT2D eigenvalue weighted by molar-refractivity contribution is 4.45. The highest BCUT2D eigenvalue weighted by Gasteiger charge is 1.88. The minimum atomic E-state index is 0.0386. The molecule has 0 aliphatic rings. The summed E-state index contributed by atoms with van der Waals surface area (Å²) in [4.78, 5) is 2.61. The summed E-state index contributed by atoms with van der Waals surface area (Å²) in [5, 5.41) is 11.7. The summed E-state index contributed by atoms with van der Waals surface area (Å²) in [6.45, 7) is 2.42. The summed E-state index contributed by atoms with van der Waals surface area (Å²) in [6.07, 6.45) is 0.726. The van der Waals surface area contributed by atoms with Crippen molar-refractivity contribution in [2.75, 3.05) is 39.6 Å². The molecule has 0 radical (unpaired) electrons. The Morgan fingerprint density at radius 2 is 1.85 bits per heavy atom. The van der Waals surface area contributed by atoms with Gasteiger partial charge in [-0.15, -0.1) is 0 Å². The van der Waals surface area contributed by atoms with Crippen molar-refractivity contribution in [2.24, 2.45) is 5.11 Å². The van der Waals surface area contributed by atoms with Crippen molar-refractivity contribution in [2.45, 2.75) is 6.42 Å². The first-order valence-electron chi connectivity index (χ1n) is 4.19. The van der Waals surface area contributed by atoms with E-state index in [1.54, 1.807) is 0 Å². The van der Waals surface area contributed by atoms with Crippen molar-refractivity contribution in [3.05, 3.63) is 10.4 Å². The molecule has 6 heteroatoms. The van der Waals surface area contributed by atoms with Gasteiger partial charge in [0, 0.05) is 18.1 Å². The molecule has 0 saturated heterocycles. The monoisotopic (exact) mass is 189 g/mol. The highest BCUT2D eigenvalue weighted by atomic mass is 16.5. The van der Waals surface area contributed by atoms with Gasteiger partial charge in [0.1, 0.15) is 0 Å². The van der Waals surface area contributed by atoms with Gasteiger partial charge in [-0.3, -0.25) is 0 Å². The van der Waals surface area contributed by atoms with Gasteiger partial charge in [0.25, 0.3) is 0 Å². The molecule has 0 aliphatic carbocycles. The van der Waals surface area contributed by atoms with Gasteiger partial charge < -0.3 is 14.6 Å². The molecule has 1 N–H and O–H groups in total. The van der Waals surface area contributed by atoms with Crippen molar-refractivity contribution in [1.82, 2.24) is 0 Å². The van der Waals surface area contributed by atoms with Gasteiger partial charge in [-0.25, -0.2) is 0 Å². The number of ether oxygens (including phenoxy) is 2. The van der Waals surface area contributed by atoms with Crippen LogP contribution in [0.4, 0.5) is 0 Å². The topological polar surface area (TPSA) is 87.5 Å². The Labute approximate surface area is 77.1 Å². The first-order chi connectivity index (χ1) is 6.41. The quantitative estimate of drug-likeness (QED) is 0.251. The number of rotatable bonds is 9. The molecule has 0 fully saturated rings. The van der Waals surface area contributed by atoms with Gasteiger partial charge in [-0.2, -0.15) is 0 Å². The molecule has 13 heavy (non-hydrogen) atoms. The maximum absolute atomic E-state index is 8.35. The van der Waals surface area contributed by atoms with E-state index in [-0.39, 0.29) is 6.61 Å². The number of aliphatic hydroxyl groups is 1. The molecular weight excluding hydrogens is 174 g/mol. The second kappa shape index (κ2) is 11.2. The lowest BCUT2D eigenvalue weighted by molar-refractivity contribution is 0.0329. The van der Waals surface area contributed by atoms with E-state index < -0.39 is 0 Å². The van der Waals surface area contributed by atoms with Crippen molar-refractivity contribution in [1.29, 1.82) is 0 Å². The minimum absolute atomic E-state index is 0.0386. The number of hydrogen-bond donors (Lipinski definition) is 1. The van der Waals surface area contributed by atoms with E-state index in [9.17, 15) is 0 Å². The molecule has 0 spiro atoms. The molecule has 0 saturated carbocycles. The molecule has 0 amide bonds. The van der Waals surface area contributed by atoms with E-state index in [1.165, 1.54) is 0 Å². The normalized spacial score (nSPS) is 9.62. The van der Waals surface area contributed by atoms with Gasteiger partial charge >= 0.3 is 0 Å². The van der Waals surface area contributed by atoms with Crippen LogP contribution in [-0.2, 0) is 9.47 Å². The number of azide groups is 1. The standard InChI is InChI=1S/C7H15N3O3/c8-10-9-2-1-4-12-6-7-13-5-3-11/h11H,1-7H2. The van der Waals surface area contributed by atoms with Crippen LogP contribution in [0.5, 0.6) is 0 Å². The summed E-state index contributed by atoms with van der Waals surface area (Å²) in [7, 11) is 0. The van der Waals surface area contributed by atoms with Crippen LogP contribution in [0.1, 0.15) is 6.42 Å². The lowest BCUT2D eigenvalue weighted by atomic mass is 10.5. The van der Waals surface area contributed by atoms with Crippen LogP contribution in [0, 0.1) is 0 Å². The molecule has 0 bridgehead atoms. The van der Waals surface area contributed by atoms with E-state index in [0.717, 1.165) is 6.42 Å². The number of hydrogen-bond acceptors (Lipinski definition) is 4. The lowest BCUT2D eigenvalue weighted by Gasteiger charge is -2.02. The Morgan fingerprint density at radius 1 is 1.15 bits per heavy atom. The second-order valence-corrected chi connectivity index (χ2v) is 2.26. The van der Waals surface area contributed by atoms with Crippen LogP contribution in [0.15, 0.2) is 5.11 Å². The Kier molecular flexibility index (Phi) is 10.5. The molecular formula is C7H15N3O3. The van der Waals surface area contributed by atoms with Gasteiger partial charge in [0.15, 0.2) is 0 Å². The van der Waals surface area contributed by atoms with Gasteiger partial charge in [-0.1, -0.05) is 5.11 Å². The molecule has 0 aromatic heterocycles. The molecule has 6 nitrogen and oxygen atoms in total. The van der Waals surface area contributed by atoms with Crippen LogP contribution >= 0.6 is 0 Å². The average molecular weight is 189 g/mol. The van der Waals surface area contributed by atoms with Gasteiger partial charge in [0.2, 0.25) is 0 Å². The first-order valence-corrected chi connectivity index (χ1v) is 4.19. The molecule has 0 aliphatic heterocycles. The third-order valence-electron chi connectivity index (χ3n) is 1.22. The van der Waals surface area contributed by atoms with Crippen molar-refractivity contribution in [3.8, 4) is 0 Å². The maximum atomic E-state index is 8.35. The van der Waals surface area contributed by atoms with Crippen LogP contribution in [0.25, 0.3) is 10.4 Å². The van der Waals surface area contributed by atoms with Crippen molar-refractivity contribution >= 4 is 0 Å². The maximum Gasteiger partial charge on any atom is 0.0701 e. The molecule has 0 aromatic rings. The molecule has 0 atom stereocenters. The smallest absolute Gasteiger partial charge is 0.0701 e. The molecule has 76 valence electrons. The van der Waals surface area contributed by atoms with Crippen molar-refractivity contribution < 1.29 is 14.6 Å². The third kappa shape index (κ3) is 11.2. The third-order valence-corrected chi connectivity index (χ3v) is 1.22. The van der Waals surface area contributed by atoms with E-state index in [0.29, 0.717) is 33.0 Å². The highest BCUT2D eigenvalue weighted by Crippen LogP contribution is 1.85. The summed E-state index contributed by atoms with van der Waals surface area (Å²) < 4.78 is 10.1. The minimum Gasteiger partial charge on any atom is -0.394 e. The zero-order valence-electron chi connectivity index (χ0n) is 7.56. The predicted molar refractivity (Wildman–Crippen MR) is 47.4 cm³/mol. The van der Waals surface area contributed by atoms with Crippen LogP contribution in [0.3, 0.4) is 0 Å². The Hall–Kier alpha value is -0.810. The van der Waals surface area contributed by atoms with E-state index >= 15 is 0 Å². The summed E-state index contributed by atoms with van der Waals surface area (Å²) in [5.74, 6) is 0. The van der Waals surface area contributed by atoms with E-state index in [4.69, 9.17) is 20.1 Å². The predicted octanol–water partition coefficient (Wildman–Crippen LogP) is 0.712. The fraction of sp³-hybridized carbons (Fsp3) is 1.00. The summed E-state index contributed by atoms with van der Waals surface area (Å²) in [5.41, 5.74) is 7.94. The zero-order chi connectivity index (χ0) is 9.78. The average Bonchev–Trinajstić information content (AvgIpc) is 2.16. The zero-order valence-corrected chi connectivity index (χ0v) is 7.56. The largest absolute Gasteiger partial charge is 0.394 e. The Bertz CT molecular complexity index is 148. The number of nitrogens with zero attached hydrogens (tertiary/aromatic N) is 3. The summed E-state index contributed by atoms with van der Waals surface area (Å²) in [6, 6.07) is 0. The van der Waals surface area contributed by atoms with Crippen LogP contribution in [-0.4, -0.2) is 44.7 Å². The Morgan fingerprint density at radius 3 is 2.46 bits per heavy atom. The molecule has 0 heterocycles. The Balaban J connectivity index is 2.87. The first kappa shape index (κ1) is 12.2. The van der Waals surface area contributed by atoms with E-state index in [2.05, 4.69) is 10.0 Å². The van der Waals surface area contributed by atoms with Gasteiger partial charge in [-0.05, 0) is 12.0 Å². The van der Waals surface area contributed by atoms with Crippen LogP contribution in [0.2, 0.25) is 0 Å². The lowest BCUT2D eigenvalue weighted by Crippen LogP contribution is -2.08. The number of aliphatic hydroxyl groups excluding tert-OH is 1. The molecule has 0 aromatic carbocycles. The van der Waals surface area contributed by atoms with E-state index in [1.807, 2.05) is 0 Å². The molecule has 0 rings (SSSR count). The SMILES string of the molecule is [N-]=[N+]=NCCCOCCOCCO. The fourth-order valence-electron chi connectivity index (χ4n) is 0.669. The van der Waals surface area contributed by atoms with Crippen LogP contribution < -0.4 is 0 Å². The van der Waals surface area contributed by atoms with Crippen molar-refractivity contribution in [3.63, 3.8) is 0 Å². The molecule has 0 unspecified atom stereocenters.